The van der Waals surface area contributed by atoms with Crippen LogP contribution >= 0.6 is 23.1 Å². The smallest absolute Gasteiger partial charge is 0.257 e. The summed E-state index contributed by atoms with van der Waals surface area (Å²) in [4.78, 5) is 30.8. The van der Waals surface area contributed by atoms with Gasteiger partial charge in [-0.15, -0.1) is 23.1 Å². The van der Waals surface area contributed by atoms with Gasteiger partial charge in [-0.2, -0.15) is 0 Å². The largest absolute Gasteiger partial charge is 0.324 e. The molecule has 5 nitrogen and oxygen atoms in total. The molecule has 0 bridgehead atoms. The summed E-state index contributed by atoms with van der Waals surface area (Å²) in [5.74, 6) is 0.874. The van der Waals surface area contributed by atoms with Crippen LogP contribution in [0.15, 0.2) is 23.1 Å². The quantitative estimate of drug-likeness (QED) is 0.860. The molecule has 7 heteroatoms. The van der Waals surface area contributed by atoms with Gasteiger partial charge in [0.25, 0.3) is 5.91 Å². The Hall–Kier alpha value is -1.86. The van der Waals surface area contributed by atoms with Gasteiger partial charge in [0.05, 0.1) is 17.1 Å². The number of thioether (sulfide) groups is 1. The Kier molecular flexibility index (Phi) is 4.05. The standard InChI is InChI=1S/C17H17N3O2S2/c1-9-2-4-11-14(6-9)24-17(19-11)20-16(22)10-3-5-13-12(7-10)18-15(21)8-23-13/h3,5,7,9H,2,4,6,8H2,1H3,(H,18,21)(H,19,20,22). The highest BCUT2D eigenvalue weighted by Gasteiger charge is 2.21. The van der Waals surface area contributed by atoms with Crippen LogP contribution in [0.2, 0.25) is 0 Å². The molecule has 1 aromatic heterocycles. The van der Waals surface area contributed by atoms with Gasteiger partial charge in [0.15, 0.2) is 5.13 Å². The third-order valence-electron chi connectivity index (χ3n) is 4.28. The number of fused-ring (bicyclic) bond motifs is 2. The molecule has 24 heavy (non-hydrogen) atoms. The van der Waals surface area contributed by atoms with E-state index in [1.54, 1.807) is 23.5 Å². The fourth-order valence-corrected chi connectivity index (χ4v) is 4.94. The molecule has 1 aromatic carbocycles. The molecule has 2 aromatic rings. The molecule has 1 aliphatic heterocycles. The lowest BCUT2D eigenvalue weighted by Gasteiger charge is -2.16. The number of aromatic nitrogens is 1. The summed E-state index contributed by atoms with van der Waals surface area (Å²) in [6.07, 6.45) is 3.20. The van der Waals surface area contributed by atoms with Crippen LogP contribution in [0.4, 0.5) is 10.8 Å². The van der Waals surface area contributed by atoms with Crippen LogP contribution in [-0.4, -0.2) is 22.6 Å². The second kappa shape index (κ2) is 6.22. The molecule has 2 heterocycles. The maximum atomic E-state index is 12.5. The number of hydrogen-bond acceptors (Lipinski definition) is 5. The van der Waals surface area contributed by atoms with Crippen molar-refractivity contribution in [2.75, 3.05) is 16.4 Å². The zero-order chi connectivity index (χ0) is 16.7. The molecule has 0 fully saturated rings. The Morgan fingerprint density at radius 1 is 1.42 bits per heavy atom. The van der Waals surface area contributed by atoms with E-state index in [2.05, 4.69) is 22.5 Å². The Labute approximate surface area is 148 Å². The number of nitrogens with zero attached hydrogens (tertiary/aromatic N) is 1. The molecule has 0 saturated carbocycles. The van der Waals surface area contributed by atoms with Gasteiger partial charge in [0, 0.05) is 15.3 Å². The third kappa shape index (κ3) is 3.06. The molecule has 1 aliphatic carbocycles. The number of nitrogens with one attached hydrogen (secondary N) is 2. The highest BCUT2D eigenvalue weighted by atomic mass is 32.2. The van der Waals surface area contributed by atoms with E-state index in [1.165, 1.54) is 16.6 Å². The Morgan fingerprint density at radius 2 is 2.29 bits per heavy atom. The number of thiazole rings is 1. The average molecular weight is 359 g/mol. The second-order valence-corrected chi connectivity index (χ2v) is 8.34. The van der Waals surface area contributed by atoms with Crippen molar-refractivity contribution in [2.24, 2.45) is 5.92 Å². The number of rotatable bonds is 2. The van der Waals surface area contributed by atoms with E-state index in [-0.39, 0.29) is 11.8 Å². The monoisotopic (exact) mass is 359 g/mol. The van der Waals surface area contributed by atoms with Gasteiger partial charge in [-0.1, -0.05) is 6.92 Å². The maximum Gasteiger partial charge on any atom is 0.257 e. The molecule has 0 radical (unpaired) electrons. The van der Waals surface area contributed by atoms with Gasteiger partial charge in [-0.25, -0.2) is 4.98 Å². The van der Waals surface area contributed by atoms with E-state index >= 15 is 0 Å². The number of amides is 2. The zero-order valence-electron chi connectivity index (χ0n) is 13.2. The summed E-state index contributed by atoms with van der Waals surface area (Å²) in [5, 5.41) is 6.37. The number of hydrogen-bond donors (Lipinski definition) is 2. The predicted molar refractivity (Wildman–Crippen MR) is 97.1 cm³/mol. The molecule has 1 atom stereocenters. The molecule has 2 amide bonds. The van der Waals surface area contributed by atoms with Gasteiger partial charge >= 0.3 is 0 Å². The van der Waals surface area contributed by atoms with Crippen LogP contribution < -0.4 is 10.6 Å². The number of benzene rings is 1. The number of aryl methyl sites for hydroxylation is 1. The van der Waals surface area contributed by atoms with Crippen molar-refractivity contribution in [2.45, 2.75) is 31.1 Å². The third-order valence-corrected chi connectivity index (χ3v) is 6.39. The van der Waals surface area contributed by atoms with Crippen LogP contribution in [0.5, 0.6) is 0 Å². The highest BCUT2D eigenvalue weighted by Crippen LogP contribution is 2.34. The normalized spacial score (nSPS) is 19.2. The molecule has 124 valence electrons. The van der Waals surface area contributed by atoms with Crippen LogP contribution in [0.1, 0.15) is 34.3 Å². The first-order valence-corrected chi connectivity index (χ1v) is 9.75. The van der Waals surface area contributed by atoms with E-state index in [9.17, 15) is 9.59 Å². The molecular weight excluding hydrogens is 342 g/mol. The maximum absolute atomic E-state index is 12.5. The number of anilines is 2. The average Bonchev–Trinajstić information content (AvgIpc) is 2.95. The molecular formula is C17H17N3O2S2. The molecule has 0 spiro atoms. The van der Waals surface area contributed by atoms with Crippen LogP contribution in [0, 0.1) is 5.92 Å². The van der Waals surface area contributed by atoms with Crippen molar-refractivity contribution in [1.82, 2.24) is 4.98 Å². The SMILES string of the molecule is CC1CCc2nc(NC(=O)c3ccc4c(c3)NC(=O)CS4)sc2C1. The second-order valence-electron chi connectivity index (χ2n) is 6.24. The summed E-state index contributed by atoms with van der Waals surface area (Å²) >= 11 is 3.06. The molecule has 2 N–H and O–H groups in total. The van der Waals surface area contributed by atoms with Gasteiger partial charge in [0.2, 0.25) is 5.91 Å². The molecule has 0 saturated heterocycles. The van der Waals surface area contributed by atoms with Crippen molar-refractivity contribution < 1.29 is 9.59 Å². The Balaban J connectivity index is 1.52. The van der Waals surface area contributed by atoms with E-state index in [0.717, 1.165) is 29.9 Å². The number of carbonyl (C=O) groups is 2. The highest BCUT2D eigenvalue weighted by molar-refractivity contribution is 8.00. The van der Waals surface area contributed by atoms with Crippen molar-refractivity contribution in [3.05, 3.63) is 34.3 Å². The van der Waals surface area contributed by atoms with Crippen LogP contribution in [0.25, 0.3) is 0 Å². The lowest BCUT2D eigenvalue weighted by Crippen LogP contribution is -2.19. The van der Waals surface area contributed by atoms with E-state index < -0.39 is 0 Å². The summed E-state index contributed by atoms with van der Waals surface area (Å²) in [6.45, 7) is 2.25. The predicted octanol–water partition coefficient (Wildman–Crippen LogP) is 3.56. The summed E-state index contributed by atoms with van der Waals surface area (Å²) in [7, 11) is 0. The van der Waals surface area contributed by atoms with Gasteiger partial charge in [-0.05, 0) is 43.4 Å². The topological polar surface area (TPSA) is 71.1 Å². The van der Waals surface area contributed by atoms with Crippen molar-refractivity contribution in [3.8, 4) is 0 Å². The van der Waals surface area contributed by atoms with Crippen molar-refractivity contribution >= 4 is 45.7 Å². The fraction of sp³-hybridized carbons (Fsp3) is 0.353. The Bertz CT molecular complexity index is 831. The lowest BCUT2D eigenvalue weighted by atomic mass is 9.93. The lowest BCUT2D eigenvalue weighted by molar-refractivity contribution is -0.113. The molecule has 1 unspecified atom stereocenters. The van der Waals surface area contributed by atoms with Gasteiger partial charge in [0.1, 0.15) is 0 Å². The fourth-order valence-electron chi connectivity index (χ4n) is 2.99. The minimum Gasteiger partial charge on any atom is -0.324 e. The van der Waals surface area contributed by atoms with Crippen LogP contribution in [-0.2, 0) is 17.6 Å². The van der Waals surface area contributed by atoms with Crippen molar-refractivity contribution in [3.63, 3.8) is 0 Å². The Morgan fingerprint density at radius 3 is 3.17 bits per heavy atom. The van der Waals surface area contributed by atoms with Gasteiger partial charge < -0.3 is 5.32 Å². The summed E-state index contributed by atoms with van der Waals surface area (Å²) < 4.78 is 0. The first-order valence-electron chi connectivity index (χ1n) is 7.95. The zero-order valence-corrected chi connectivity index (χ0v) is 14.9. The molecule has 2 aliphatic rings. The minimum atomic E-state index is -0.193. The number of carbonyl (C=O) groups excluding carboxylic acids is 2. The minimum absolute atomic E-state index is 0.0354. The van der Waals surface area contributed by atoms with Crippen molar-refractivity contribution in [1.29, 1.82) is 0 Å². The summed E-state index contributed by atoms with van der Waals surface area (Å²) in [6, 6.07) is 5.39. The van der Waals surface area contributed by atoms with E-state index in [4.69, 9.17) is 0 Å². The van der Waals surface area contributed by atoms with Gasteiger partial charge in [-0.3, -0.25) is 14.9 Å². The summed E-state index contributed by atoms with van der Waals surface area (Å²) in [5.41, 5.74) is 2.36. The van der Waals surface area contributed by atoms with Crippen LogP contribution in [0.3, 0.4) is 0 Å². The molecule has 4 rings (SSSR count). The van der Waals surface area contributed by atoms with E-state index in [0.29, 0.717) is 28.1 Å². The first kappa shape index (κ1) is 15.7. The first-order chi connectivity index (χ1) is 11.6. The van der Waals surface area contributed by atoms with E-state index in [1.807, 2.05) is 6.07 Å².